The number of nitrogens with zero attached hydrogens (tertiary/aromatic N) is 1. The van der Waals surface area contributed by atoms with Crippen molar-refractivity contribution >= 4 is 31.9 Å². The highest BCUT2D eigenvalue weighted by atomic mass is 79.9. The van der Waals surface area contributed by atoms with Crippen molar-refractivity contribution in [1.82, 2.24) is 10.3 Å². The summed E-state index contributed by atoms with van der Waals surface area (Å²) in [6, 6.07) is 5.95. The van der Waals surface area contributed by atoms with Crippen LogP contribution >= 0.6 is 31.9 Å². The SMILES string of the molecule is COCCNCc1ncoc1-c1cc(Br)ccc1Br. The lowest BCUT2D eigenvalue weighted by molar-refractivity contribution is 0.199. The highest BCUT2D eigenvalue weighted by molar-refractivity contribution is 9.11. The Kier molecular flexibility index (Phi) is 5.57. The van der Waals surface area contributed by atoms with Gasteiger partial charge in [0, 0.05) is 34.7 Å². The van der Waals surface area contributed by atoms with Gasteiger partial charge >= 0.3 is 0 Å². The van der Waals surface area contributed by atoms with E-state index < -0.39 is 0 Å². The molecule has 0 amide bonds. The van der Waals surface area contributed by atoms with Gasteiger partial charge in [-0.15, -0.1) is 0 Å². The summed E-state index contributed by atoms with van der Waals surface area (Å²) >= 11 is 6.99. The number of hydrogen-bond acceptors (Lipinski definition) is 4. The molecule has 1 aromatic carbocycles. The second-order valence-electron chi connectivity index (χ2n) is 3.92. The molecule has 0 atom stereocenters. The fourth-order valence-electron chi connectivity index (χ4n) is 1.67. The molecule has 2 aromatic rings. The number of hydrogen-bond donors (Lipinski definition) is 1. The molecule has 0 unspecified atom stereocenters. The van der Waals surface area contributed by atoms with Gasteiger partial charge in [0.25, 0.3) is 0 Å². The summed E-state index contributed by atoms with van der Waals surface area (Å²) < 4.78 is 12.5. The molecule has 1 heterocycles. The Balaban J connectivity index is 2.16. The maximum absolute atomic E-state index is 5.51. The van der Waals surface area contributed by atoms with Gasteiger partial charge in [-0.2, -0.15) is 0 Å². The third-order valence-corrected chi connectivity index (χ3v) is 3.77. The van der Waals surface area contributed by atoms with Crippen LogP contribution < -0.4 is 5.32 Å². The Morgan fingerprint density at radius 1 is 1.37 bits per heavy atom. The Bertz CT molecular complexity index is 543. The third kappa shape index (κ3) is 3.89. The predicted molar refractivity (Wildman–Crippen MR) is 80.9 cm³/mol. The average Bonchev–Trinajstić information content (AvgIpc) is 2.86. The van der Waals surface area contributed by atoms with Crippen LogP contribution in [0.25, 0.3) is 11.3 Å². The first-order chi connectivity index (χ1) is 9.22. The molecule has 0 aliphatic carbocycles. The number of halogens is 2. The lowest BCUT2D eigenvalue weighted by Crippen LogP contribution is -2.19. The van der Waals surface area contributed by atoms with Crippen molar-refractivity contribution in [1.29, 1.82) is 0 Å². The molecule has 1 N–H and O–H groups in total. The first kappa shape index (κ1) is 14.7. The molecule has 0 aliphatic rings. The van der Waals surface area contributed by atoms with Crippen molar-refractivity contribution in [2.75, 3.05) is 20.3 Å². The van der Waals surface area contributed by atoms with Crippen LogP contribution in [0.15, 0.2) is 38.0 Å². The van der Waals surface area contributed by atoms with Gasteiger partial charge in [0.05, 0.1) is 6.61 Å². The van der Waals surface area contributed by atoms with Gasteiger partial charge in [-0.05, 0) is 18.2 Å². The molecule has 2 rings (SSSR count). The predicted octanol–water partition coefficient (Wildman–Crippen LogP) is 3.60. The number of oxazole rings is 1. The van der Waals surface area contributed by atoms with Crippen LogP contribution in [0.3, 0.4) is 0 Å². The first-order valence-corrected chi connectivity index (χ1v) is 7.38. The zero-order chi connectivity index (χ0) is 13.7. The van der Waals surface area contributed by atoms with Crippen LogP contribution in [0.2, 0.25) is 0 Å². The van der Waals surface area contributed by atoms with E-state index in [-0.39, 0.29) is 0 Å². The van der Waals surface area contributed by atoms with Crippen molar-refractivity contribution in [2.24, 2.45) is 0 Å². The Labute approximate surface area is 128 Å². The summed E-state index contributed by atoms with van der Waals surface area (Å²) in [4.78, 5) is 4.25. The Morgan fingerprint density at radius 3 is 3.00 bits per heavy atom. The topological polar surface area (TPSA) is 47.3 Å². The molecule has 0 saturated heterocycles. The minimum atomic E-state index is 0.647. The van der Waals surface area contributed by atoms with Gasteiger partial charge in [0.15, 0.2) is 12.2 Å². The summed E-state index contributed by atoms with van der Waals surface area (Å²) in [5, 5.41) is 3.26. The van der Waals surface area contributed by atoms with Crippen LogP contribution in [-0.4, -0.2) is 25.2 Å². The molecule has 0 spiro atoms. The van der Waals surface area contributed by atoms with Crippen molar-refractivity contribution in [3.63, 3.8) is 0 Å². The monoisotopic (exact) mass is 388 g/mol. The summed E-state index contributed by atoms with van der Waals surface area (Å²) in [6.45, 7) is 2.10. The number of aromatic nitrogens is 1. The third-order valence-electron chi connectivity index (χ3n) is 2.59. The van der Waals surface area contributed by atoms with Gasteiger partial charge < -0.3 is 14.5 Å². The lowest BCUT2D eigenvalue weighted by Gasteiger charge is -2.06. The van der Waals surface area contributed by atoms with Crippen LogP contribution in [0.4, 0.5) is 0 Å². The van der Waals surface area contributed by atoms with Crippen molar-refractivity contribution < 1.29 is 9.15 Å². The standard InChI is InChI=1S/C13H14Br2N2O2/c1-18-5-4-16-7-12-13(19-8-17-12)10-6-9(14)2-3-11(10)15/h2-3,6,8,16H,4-5,7H2,1H3. The minimum Gasteiger partial charge on any atom is -0.443 e. The Hall–Kier alpha value is -0.690. The second kappa shape index (κ2) is 7.19. The Morgan fingerprint density at radius 2 is 2.21 bits per heavy atom. The molecular formula is C13H14Br2N2O2. The summed E-state index contributed by atoms with van der Waals surface area (Å²) in [6.07, 6.45) is 1.47. The highest BCUT2D eigenvalue weighted by Crippen LogP contribution is 2.32. The normalized spacial score (nSPS) is 10.9. The number of methoxy groups -OCH3 is 1. The van der Waals surface area contributed by atoms with E-state index in [2.05, 4.69) is 42.2 Å². The fourth-order valence-corrected chi connectivity index (χ4v) is 2.45. The summed E-state index contributed by atoms with van der Waals surface area (Å²) in [5.41, 5.74) is 1.87. The van der Waals surface area contributed by atoms with Crippen molar-refractivity contribution in [2.45, 2.75) is 6.54 Å². The number of rotatable bonds is 6. The van der Waals surface area contributed by atoms with E-state index in [0.717, 1.165) is 32.5 Å². The maximum Gasteiger partial charge on any atom is 0.181 e. The van der Waals surface area contributed by atoms with E-state index in [1.54, 1.807) is 7.11 Å². The lowest BCUT2D eigenvalue weighted by atomic mass is 10.1. The molecule has 1 aromatic heterocycles. The summed E-state index contributed by atoms with van der Waals surface area (Å²) in [7, 11) is 1.68. The smallest absolute Gasteiger partial charge is 0.181 e. The van der Waals surface area contributed by atoms with E-state index in [4.69, 9.17) is 9.15 Å². The van der Waals surface area contributed by atoms with Crippen molar-refractivity contribution in [3.05, 3.63) is 39.2 Å². The van der Waals surface area contributed by atoms with E-state index in [9.17, 15) is 0 Å². The molecule has 4 nitrogen and oxygen atoms in total. The fraction of sp³-hybridized carbons (Fsp3) is 0.308. The molecule has 0 fully saturated rings. The van der Waals surface area contributed by atoms with Gasteiger partial charge in [-0.1, -0.05) is 31.9 Å². The van der Waals surface area contributed by atoms with Crippen LogP contribution in [-0.2, 0) is 11.3 Å². The van der Waals surface area contributed by atoms with Crippen LogP contribution in [0.5, 0.6) is 0 Å². The van der Waals surface area contributed by atoms with E-state index in [1.165, 1.54) is 6.39 Å². The molecule has 102 valence electrons. The minimum absolute atomic E-state index is 0.647. The molecule has 19 heavy (non-hydrogen) atoms. The largest absolute Gasteiger partial charge is 0.443 e. The van der Waals surface area contributed by atoms with E-state index in [0.29, 0.717) is 13.2 Å². The number of ether oxygens (including phenoxy) is 1. The van der Waals surface area contributed by atoms with Gasteiger partial charge in [0.1, 0.15) is 5.69 Å². The zero-order valence-electron chi connectivity index (χ0n) is 10.5. The number of benzene rings is 1. The molecular weight excluding hydrogens is 376 g/mol. The van der Waals surface area contributed by atoms with E-state index >= 15 is 0 Å². The molecule has 0 saturated carbocycles. The molecule has 0 radical (unpaired) electrons. The van der Waals surface area contributed by atoms with Crippen molar-refractivity contribution in [3.8, 4) is 11.3 Å². The second-order valence-corrected chi connectivity index (χ2v) is 5.69. The highest BCUT2D eigenvalue weighted by Gasteiger charge is 2.13. The zero-order valence-corrected chi connectivity index (χ0v) is 13.6. The van der Waals surface area contributed by atoms with E-state index in [1.807, 2.05) is 18.2 Å². The summed E-state index contributed by atoms with van der Waals surface area (Å²) in [5.74, 6) is 0.776. The maximum atomic E-state index is 5.51. The van der Waals surface area contributed by atoms with Gasteiger partial charge in [0.2, 0.25) is 0 Å². The van der Waals surface area contributed by atoms with Crippen LogP contribution in [0, 0.1) is 0 Å². The van der Waals surface area contributed by atoms with Gasteiger partial charge in [-0.3, -0.25) is 0 Å². The quantitative estimate of drug-likeness (QED) is 0.766. The molecule has 0 aliphatic heterocycles. The van der Waals surface area contributed by atoms with Crippen LogP contribution in [0.1, 0.15) is 5.69 Å². The average molecular weight is 390 g/mol. The number of nitrogens with one attached hydrogen (secondary N) is 1. The molecule has 0 bridgehead atoms. The first-order valence-electron chi connectivity index (χ1n) is 5.80. The molecule has 6 heteroatoms. The van der Waals surface area contributed by atoms with Gasteiger partial charge in [-0.25, -0.2) is 4.98 Å².